The highest BCUT2D eigenvalue weighted by Crippen LogP contribution is 2.22. The van der Waals surface area contributed by atoms with Crippen LogP contribution in [0.2, 0.25) is 0 Å². The molecule has 0 saturated carbocycles. The van der Waals surface area contributed by atoms with E-state index in [0.29, 0.717) is 11.7 Å². The van der Waals surface area contributed by atoms with E-state index in [-0.39, 0.29) is 0 Å². The number of aromatic nitrogens is 4. The van der Waals surface area contributed by atoms with Gasteiger partial charge in [0.15, 0.2) is 5.82 Å². The number of nitrogens with one attached hydrogen (secondary N) is 1. The Hall–Kier alpha value is -1.49. The van der Waals surface area contributed by atoms with Gasteiger partial charge in [-0.05, 0) is 38.4 Å². The predicted octanol–water partition coefficient (Wildman–Crippen LogP) is 0.900. The minimum absolute atomic E-state index is 0.489. The Balaban J connectivity index is 1.97. The Labute approximate surface area is 93.9 Å². The minimum atomic E-state index is 0.489. The van der Waals surface area contributed by atoms with E-state index in [2.05, 4.69) is 20.4 Å². The van der Waals surface area contributed by atoms with Crippen LogP contribution in [0.25, 0.3) is 5.78 Å². The Morgan fingerprint density at radius 3 is 3.00 bits per heavy atom. The average molecular weight is 217 g/mol. The summed E-state index contributed by atoms with van der Waals surface area (Å²) in [6, 6.07) is 0. The molecule has 5 heteroatoms. The van der Waals surface area contributed by atoms with Crippen LogP contribution < -0.4 is 5.32 Å². The van der Waals surface area contributed by atoms with Gasteiger partial charge in [0.05, 0.1) is 0 Å². The predicted molar refractivity (Wildman–Crippen MR) is 60.4 cm³/mol. The average Bonchev–Trinajstić information content (AvgIpc) is 2.73. The Bertz CT molecular complexity index is 498. The fourth-order valence-electron chi connectivity index (χ4n) is 2.14. The van der Waals surface area contributed by atoms with Crippen molar-refractivity contribution >= 4 is 5.78 Å². The highest BCUT2D eigenvalue weighted by molar-refractivity contribution is 5.28. The molecule has 84 valence electrons. The first kappa shape index (κ1) is 9.72. The van der Waals surface area contributed by atoms with Crippen molar-refractivity contribution in [3.63, 3.8) is 0 Å². The van der Waals surface area contributed by atoms with Crippen molar-refractivity contribution < 1.29 is 0 Å². The molecule has 0 radical (unpaired) electrons. The summed E-state index contributed by atoms with van der Waals surface area (Å²) >= 11 is 0. The van der Waals surface area contributed by atoms with E-state index in [1.807, 2.05) is 19.3 Å². The van der Waals surface area contributed by atoms with Gasteiger partial charge in [-0.1, -0.05) is 0 Å². The fourth-order valence-corrected chi connectivity index (χ4v) is 2.14. The molecule has 1 aliphatic heterocycles. The Morgan fingerprint density at radius 1 is 1.38 bits per heavy atom. The molecule has 2 aromatic heterocycles. The molecule has 0 unspecified atom stereocenters. The van der Waals surface area contributed by atoms with Crippen molar-refractivity contribution in [2.24, 2.45) is 0 Å². The lowest BCUT2D eigenvalue weighted by Crippen LogP contribution is -2.27. The van der Waals surface area contributed by atoms with Gasteiger partial charge in [-0.15, -0.1) is 5.10 Å². The fraction of sp³-hybridized carbons (Fsp3) is 0.545. The molecule has 0 bridgehead atoms. The number of aryl methyl sites for hydroxylation is 1. The van der Waals surface area contributed by atoms with E-state index in [9.17, 15) is 0 Å². The van der Waals surface area contributed by atoms with Gasteiger partial charge in [-0.25, -0.2) is 9.50 Å². The molecule has 5 nitrogen and oxygen atoms in total. The third-order valence-electron chi connectivity index (χ3n) is 3.04. The summed E-state index contributed by atoms with van der Waals surface area (Å²) < 4.78 is 1.78. The lowest BCUT2D eigenvalue weighted by Gasteiger charge is -2.19. The van der Waals surface area contributed by atoms with E-state index in [1.54, 1.807) is 4.52 Å². The Kier molecular flexibility index (Phi) is 2.32. The molecular formula is C11H15N5. The number of hydrogen-bond donors (Lipinski definition) is 1. The topological polar surface area (TPSA) is 55.1 Å². The van der Waals surface area contributed by atoms with Gasteiger partial charge in [0.25, 0.3) is 5.78 Å². The molecule has 16 heavy (non-hydrogen) atoms. The number of piperidine rings is 1. The quantitative estimate of drug-likeness (QED) is 0.771. The molecule has 1 saturated heterocycles. The third-order valence-corrected chi connectivity index (χ3v) is 3.04. The number of rotatable bonds is 1. The maximum Gasteiger partial charge on any atom is 0.252 e. The van der Waals surface area contributed by atoms with E-state index in [0.717, 1.165) is 37.3 Å². The second-order valence-corrected chi connectivity index (χ2v) is 4.37. The molecule has 0 atom stereocenters. The molecule has 1 aliphatic rings. The lowest BCUT2D eigenvalue weighted by atomic mass is 9.98. The standard InChI is InChI=1S/C11H15N5/c1-8-6-13-11-14-10(15-16(11)7-8)9-2-4-12-5-3-9/h6-7,9,12H,2-5H2,1H3. The summed E-state index contributed by atoms with van der Waals surface area (Å²) in [5, 5.41) is 7.86. The Morgan fingerprint density at radius 2 is 2.19 bits per heavy atom. The monoisotopic (exact) mass is 217 g/mol. The summed E-state index contributed by atoms with van der Waals surface area (Å²) in [7, 11) is 0. The lowest BCUT2D eigenvalue weighted by molar-refractivity contribution is 0.445. The molecule has 1 N–H and O–H groups in total. The molecule has 3 rings (SSSR count). The van der Waals surface area contributed by atoms with Crippen LogP contribution in [-0.4, -0.2) is 32.7 Å². The van der Waals surface area contributed by atoms with E-state index >= 15 is 0 Å². The van der Waals surface area contributed by atoms with Crippen molar-refractivity contribution in [1.29, 1.82) is 0 Å². The first-order chi connectivity index (χ1) is 7.83. The molecule has 3 heterocycles. The summed E-state index contributed by atoms with van der Waals surface area (Å²) in [5.41, 5.74) is 1.11. The molecule has 0 amide bonds. The maximum atomic E-state index is 4.51. The van der Waals surface area contributed by atoms with Gasteiger partial charge in [0.1, 0.15) is 0 Å². The molecular weight excluding hydrogens is 202 g/mol. The summed E-state index contributed by atoms with van der Waals surface area (Å²) in [5.74, 6) is 2.14. The van der Waals surface area contributed by atoms with E-state index in [4.69, 9.17) is 0 Å². The highest BCUT2D eigenvalue weighted by atomic mass is 15.3. The number of nitrogens with zero attached hydrogens (tertiary/aromatic N) is 4. The van der Waals surface area contributed by atoms with Gasteiger partial charge < -0.3 is 5.32 Å². The zero-order chi connectivity index (χ0) is 11.0. The first-order valence-electron chi connectivity index (χ1n) is 5.72. The summed E-state index contributed by atoms with van der Waals surface area (Å²) in [6.07, 6.45) is 6.04. The van der Waals surface area contributed by atoms with Crippen LogP contribution in [-0.2, 0) is 0 Å². The summed E-state index contributed by atoms with van der Waals surface area (Å²) in [4.78, 5) is 8.76. The molecule has 0 aliphatic carbocycles. The zero-order valence-electron chi connectivity index (χ0n) is 9.35. The van der Waals surface area contributed by atoms with Crippen LogP contribution in [0.3, 0.4) is 0 Å². The van der Waals surface area contributed by atoms with Crippen molar-refractivity contribution in [2.45, 2.75) is 25.7 Å². The summed E-state index contributed by atoms with van der Waals surface area (Å²) in [6.45, 7) is 4.14. The van der Waals surface area contributed by atoms with Crippen LogP contribution in [0, 0.1) is 6.92 Å². The van der Waals surface area contributed by atoms with Crippen LogP contribution >= 0.6 is 0 Å². The molecule has 0 aromatic carbocycles. The zero-order valence-corrected chi connectivity index (χ0v) is 9.35. The maximum absolute atomic E-state index is 4.51. The van der Waals surface area contributed by atoms with Gasteiger partial charge in [-0.3, -0.25) is 0 Å². The third kappa shape index (κ3) is 1.67. The van der Waals surface area contributed by atoms with Crippen LogP contribution in [0.1, 0.15) is 30.1 Å². The van der Waals surface area contributed by atoms with Gasteiger partial charge in [0.2, 0.25) is 0 Å². The number of hydrogen-bond acceptors (Lipinski definition) is 4. The van der Waals surface area contributed by atoms with Crippen molar-refractivity contribution in [3.05, 3.63) is 23.8 Å². The van der Waals surface area contributed by atoms with Gasteiger partial charge in [0, 0.05) is 18.3 Å². The smallest absolute Gasteiger partial charge is 0.252 e. The molecule has 2 aromatic rings. The van der Waals surface area contributed by atoms with Crippen LogP contribution in [0.15, 0.2) is 12.4 Å². The van der Waals surface area contributed by atoms with Gasteiger partial charge >= 0.3 is 0 Å². The van der Waals surface area contributed by atoms with E-state index in [1.165, 1.54) is 0 Å². The normalized spacial score (nSPS) is 18.1. The highest BCUT2D eigenvalue weighted by Gasteiger charge is 2.19. The first-order valence-corrected chi connectivity index (χ1v) is 5.72. The van der Waals surface area contributed by atoms with Crippen molar-refractivity contribution in [2.75, 3.05) is 13.1 Å². The van der Waals surface area contributed by atoms with E-state index < -0.39 is 0 Å². The van der Waals surface area contributed by atoms with Crippen LogP contribution in [0.5, 0.6) is 0 Å². The SMILES string of the molecule is Cc1cnc2nc(C3CCNCC3)nn2c1. The largest absolute Gasteiger partial charge is 0.317 e. The minimum Gasteiger partial charge on any atom is -0.317 e. The molecule has 0 spiro atoms. The second kappa shape index (κ2) is 3.83. The van der Waals surface area contributed by atoms with Crippen LogP contribution in [0.4, 0.5) is 0 Å². The van der Waals surface area contributed by atoms with Crippen molar-refractivity contribution in [1.82, 2.24) is 24.9 Å². The number of fused-ring (bicyclic) bond motifs is 1. The second-order valence-electron chi connectivity index (χ2n) is 4.37. The van der Waals surface area contributed by atoms with Gasteiger partial charge in [-0.2, -0.15) is 4.98 Å². The van der Waals surface area contributed by atoms with Crippen molar-refractivity contribution in [3.8, 4) is 0 Å². The molecule has 1 fully saturated rings.